The number of imidazole rings is 1. The Morgan fingerprint density at radius 3 is 2.58 bits per heavy atom. The minimum Gasteiger partial charge on any atom is -0.376 e. The van der Waals surface area contributed by atoms with E-state index in [0.29, 0.717) is 30.0 Å². The van der Waals surface area contributed by atoms with Crippen molar-refractivity contribution in [3.8, 4) is 0 Å². The highest BCUT2D eigenvalue weighted by atomic mass is 32.2. The van der Waals surface area contributed by atoms with Crippen molar-refractivity contribution >= 4 is 15.7 Å². The van der Waals surface area contributed by atoms with Gasteiger partial charge in [0, 0.05) is 18.7 Å². The molecule has 0 aliphatic carbocycles. The third kappa shape index (κ3) is 6.09. The summed E-state index contributed by atoms with van der Waals surface area (Å²) in [7, 11) is -3.85. The van der Waals surface area contributed by atoms with Gasteiger partial charge in [0.15, 0.2) is 0 Å². The molecule has 4 rings (SSSR count). The van der Waals surface area contributed by atoms with Crippen LogP contribution in [-0.4, -0.2) is 48.0 Å². The van der Waals surface area contributed by atoms with Crippen molar-refractivity contribution in [2.24, 2.45) is 0 Å². The molecule has 1 atom stereocenters. The van der Waals surface area contributed by atoms with Gasteiger partial charge >= 0.3 is 0 Å². The quantitative estimate of drug-likeness (QED) is 0.379. The molecule has 0 bridgehead atoms. The number of nitrogens with zero attached hydrogens (tertiary/aromatic N) is 3. The summed E-state index contributed by atoms with van der Waals surface area (Å²) in [6, 6.07) is 12.7. The SMILES string of the molecule is C=CCN(Cc1cnc(S(=O)(=O)Cc2ccc(F)cc2)n1C[C@H]1CCCO1)C(=O)c1ccc(C)cc1. The van der Waals surface area contributed by atoms with Crippen molar-refractivity contribution in [3.63, 3.8) is 0 Å². The normalized spacial score (nSPS) is 15.7. The van der Waals surface area contributed by atoms with E-state index in [4.69, 9.17) is 4.74 Å². The van der Waals surface area contributed by atoms with Crippen LogP contribution in [0.1, 0.15) is 40.0 Å². The molecule has 0 unspecified atom stereocenters. The Hall–Kier alpha value is -3.30. The third-order valence-corrected chi connectivity index (χ3v) is 7.74. The number of amides is 1. The first-order valence-electron chi connectivity index (χ1n) is 11.9. The summed E-state index contributed by atoms with van der Waals surface area (Å²) in [6.45, 7) is 7.11. The third-order valence-electron chi connectivity index (χ3n) is 6.15. The molecular weight excluding hydrogens is 481 g/mol. The van der Waals surface area contributed by atoms with Gasteiger partial charge in [-0.2, -0.15) is 0 Å². The smallest absolute Gasteiger partial charge is 0.254 e. The second-order valence-corrected chi connectivity index (χ2v) is 10.9. The molecule has 190 valence electrons. The van der Waals surface area contributed by atoms with E-state index in [0.717, 1.165) is 18.4 Å². The maximum atomic E-state index is 13.4. The predicted octanol–water partition coefficient (Wildman–Crippen LogP) is 4.31. The Kier molecular flexibility index (Phi) is 8.01. The average molecular weight is 512 g/mol. The number of aryl methyl sites for hydroxylation is 1. The van der Waals surface area contributed by atoms with E-state index in [1.54, 1.807) is 27.7 Å². The van der Waals surface area contributed by atoms with Gasteiger partial charge in [0.2, 0.25) is 15.0 Å². The fraction of sp³-hybridized carbons (Fsp3) is 0.333. The molecule has 1 aliphatic rings. The van der Waals surface area contributed by atoms with Crippen LogP contribution in [0.4, 0.5) is 4.39 Å². The zero-order valence-corrected chi connectivity index (χ0v) is 21.1. The molecule has 0 radical (unpaired) electrons. The molecule has 0 N–H and O–H groups in total. The van der Waals surface area contributed by atoms with Crippen LogP contribution in [0.5, 0.6) is 0 Å². The number of benzene rings is 2. The van der Waals surface area contributed by atoms with Crippen LogP contribution < -0.4 is 0 Å². The summed E-state index contributed by atoms with van der Waals surface area (Å²) in [5.74, 6) is -0.928. The van der Waals surface area contributed by atoms with Crippen LogP contribution in [0.15, 0.2) is 72.5 Å². The lowest BCUT2D eigenvalue weighted by atomic mass is 10.1. The molecule has 0 spiro atoms. The minimum atomic E-state index is -3.85. The Morgan fingerprint density at radius 1 is 1.22 bits per heavy atom. The van der Waals surface area contributed by atoms with Crippen LogP contribution in [-0.2, 0) is 33.4 Å². The van der Waals surface area contributed by atoms with Crippen molar-refractivity contribution in [1.29, 1.82) is 0 Å². The number of hydrogen-bond acceptors (Lipinski definition) is 5. The van der Waals surface area contributed by atoms with E-state index in [-0.39, 0.29) is 36.0 Å². The zero-order chi connectivity index (χ0) is 25.7. The van der Waals surface area contributed by atoms with E-state index >= 15 is 0 Å². The standard InChI is InChI=1S/C27H30FN3O4S/c1-3-14-30(26(32)22-10-6-20(2)7-11-22)17-24-16-29-27(31(24)18-25-5-4-15-35-25)36(33,34)19-21-8-12-23(28)13-9-21/h3,6-13,16,25H,1,4-5,14-15,17-19H2,2H3/t25-/m1/s1. The number of sulfone groups is 1. The summed E-state index contributed by atoms with van der Waals surface area (Å²) in [5, 5.41) is -0.0846. The van der Waals surface area contributed by atoms with Crippen molar-refractivity contribution < 1.29 is 22.3 Å². The molecule has 2 heterocycles. The summed E-state index contributed by atoms with van der Waals surface area (Å²) >= 11 is 0. The Morgan fingerprint density at radius 2 is 1.94 bits per heavy atom. The summed E-state index contributed by atoms with van der Waals surface area (Å²) in [4.78, 5) is 19.1. The molecular formula is C27H30FN3O4S. The van der Waals surface area contributed by atoms with Gasteiger partial charge < -0.3 is 14.2 Å². The fourth-order valence-corrected chi connectivity index (χ4v) is 5.77. The number of ether oxygens (including phenoxy) is 1. The van der Waals surface area contributed by atoms with Crippen LogP contribution >= 0.6 is 0 Å². The zero-order valence-electron chi connectivity index (χ0n) is 20.3. The Bertz CT molecular complexity index is 1310. The highest BCUT2D eigenvalue weighted by molar-refractivity contribution is 7.90. The summed E-state index contributed by atoms with van der Waals surface area (Å²) in [6.07, 6.45) is 4.72. The van der Waals surface area contributed by atoms with Crippen molar-refractivity contribution in [1.82, 2.24) is 14.5 Å². The van der Waals surface area contributed by atoms with Crippen LogP contribution in [0.25, 0.3) is 0 Å². The van der Waals surface area contributed by atoms with E-state index in [1.807, 2.05) is 19.1 Å². The largest absolute Gasteiger partial charge is 0.376 e. The number of carbonyl (C=O) groups is 1. The molecule has 3 aromatic rings. The van der Waals surface area contributed by atoms with Gasteiger partial charge in [0.25, 0.3) is 5.91 Å². The lowest BCUT2D eigenvalue weighted by Crippen LogP contribution is -2.32. The van der Waals surface area contributed by atoms with Gasteiger partial charge in [-0.1, -0.05) is 35.9 Å². The average Bonchev–Trinajstić information content (AvgIpc) is 3.51. The number of hydrogen-bond donors (Lipinski definition) is 0. The van der Waals surface area contributed by atoms with Crippen LogP contribution in [0.2, 0.25) is 0 Å². The highest BCUT2D eigenvalue weighted by Gasteiger charge is 2.28. The molecule has 1 fully saturated rings. The topological polar surface area (TPSA) is 81.5 Å². The molecule has 1 aromatic heterocycles. The first-order chi connectivity index (χ1) is 17.3. The monoisotopic (exact) mass is 511 g/mol. The lowest BCUT2D eigenvalue weighted by molar-refractivity contribution is 0.0751. The lowest BCUT2D eigenvalue weighted by Gasteiger charge is -2.23. The van der Waals surface area contributed by atoms with Crippen molar-refractivity contribution in [2.75, 3.05) is 13.2 Å². The van der Waals surface area contributed by atoms with E-state index in [1.165, 1.54) is 30.5 Å². The second-order valence-electron chi connectivity index (χ2n) is 9.00. The van der Waals surface area contributed by atoms with Gasteiger partial charge in [-0.3, -0.25) is 4.79 Å². The maximum absolute atomic E-state index is 13.4. The first kappa shape index (κ1) is 25.8. The number of halogens is 1. The first-order valence-corrected chi connectivity index (χ1v) is 13.5. The molecule has 2 aromatic carbocycles. The van der Waals surface area contributed by atoms with Gasteiger partial charge in [-0.25, -0.2) is 17.8 Å². The molecule has 9 heteroatoms. The molecule has 1 saturated heterocycles. The maximum Gasteiger partial charge on any atom is 0.254 e. The van der Waals surface area contributed by atoms with E-state index in [9.17, 15) is 17.6 Å². The number of aromatic nitrogens is 2. The fourth-order valence-electron chi connectivity index (χ4n) is 4.27. The highest BCUT2D eigenvalue weighted by Crippen LogP contribution is 2.23. The van der Waals surface area contributed by atoms with Crippen LogP contribution in [0, 0.1) is 12.7 Å². The van der Waals surface area contributed by atoms with E-state index in [2.05, 4.69) is 11.6 Å². The number of carbonyl (C=O) groups excluding carboxylic acids is 1. The van der Waals surface area contributed by atoms with Gasteiger partial charge in [0.1, 0.15) is 5.82 Å². The Balaban J connectivity index is 1.66. The van der Waals surface area contributed by atoms with Gasteiger partial charge in [0.05, 0.1) is 36.8 Å². The van der Waals surface area contributed by atoms with Crippen molar-refractivity contribution in [3.05, 3.63) is 95.6 Å². The van der Waals surface area contributed by atoms with Crippen LogP contribution in [0.3, 0.4) is 0 Å². The van der Waals surface area contributed by atoms with Gasteiger partial charge in [-0.15, -0.1) is 6.58 Å². The molecule has 1 aliphatic heterocycles. The Labute approximate surface area is 211 Å². The molecule has 7 nitrogen and oxygen atoms in total. The minimum absolute atomic E-state index is 0.0846. The summed E-state index contributed by atoms with van der Waals surface area (Å²) < 4.78 is 47.5. The predicted molar refractivity (Wildman–Crippen MR) is 135 cm³/mol. The molecule has 0 saturated carbocycles. The van der Waals surface area contributed by atoms with Gasteiger partial charge in [-0.05, 0) is 49.6 Å². The molecule has 1 amide bonds. The van der Waals surface area contributed by atoms with Crippen molar-refractivity contribution in [2.45, 2.75) is 49.9 Å². The molecule has 36 heavy (non-hydrogen) atoms. The second kappa shape index (κ2) is 11.2. The van der Waals surface area contributed by atoms with E-state index < -0.39 is 15.7 Å². The summed E-state index contributed by atoms with van der Waals surface area (Å²) in [5.41, 5.74) is 2.64. The number of rotatable bonds is 10.